The van der Waals surface area contributed by atoms with E-state index in [1.54, 1.807) is 37.3 Å². The Morgan fingerprint density at radius 1 is 0.795 bits per heavy atom. The summed E-state index contributed by atoms with van der Waals surface area (Å²) >= 11 is 3.56. The number of aromatic nitrogens is 1. The van der Waals surface area contributed by atoms with Crippen LogP contribution < -0.4 is 18.9 Å². The van der Waals surface area contributed by atoms with Gasteiger partial charge in [-0.25, -0.2) is 0 Å². The number of allylic oxidation sites excluding steroid dienone is 2. The maximum atomic E-state index is 5.50. The highest BCUT2D eigenvalue weighted by molar-refractivity contribution is 8.03. The molecule has 39 heavy (non-hydrogen) atoms. The fourth-order valence-electron chi connectivity index (χ4n) is 4.74. The van der Waals surface area contributed by atoms with Gasteiger partial charge in [-0.1, -0.05) is 89.8 Å². The van der Waals surface area contributed by atoms with Crippen molar-refractivity contribution in [1.82, 2.24) is 0 Å². The van der Waals surface area contributed by atoms with Gasteiger partial charge in [-0.15, -0.1) is 0 Å². The summed E-state index contributed by atoms with van der Waals surface area (Å²) in [4.78, 5) is 3.59. The first-order valence-corrected chi connectivity index (χ1v) is 14.4. The van der Waals surface area contributed by atoms with Crippen molar-refractivity contribution < 1.29 is 14.0 Å². The van der Waals surface area contributed by atoms with Crippen molar-refractivity contribution in [3.05, 3.63) is 130 Å². The lowest BCUT2D eigenvalue weighted by atomic mass is 10.2. The molecule has 0 spiro atoms. The highest BCUT2D eigenvalue weighted by Gasteiger charge is 2.26. The number of thiazole rings is 1. The Kier molecular flexibility index (Phi) is 7.39. The molecule has 0 saturated heterocycles. The number of nitrogens with zero attached hydrogens (tertiary/aromatic N) is 2. The van der Waals surface area contributed by atoms with E-state index in [0.29, 0.717) is 0 Å². The average molecular weight is 550 g/mol. The molecular weight excluding hydrogens is 521 g/mol. The molecule has 2 heterocycles. The summed E-state index contributed by atoms with van der Waals surface area (Å²) in [7, 11) is 3.43. The SMILES string of the molecule is COc1ccc2c(c1)S/C(=C/C=C/c1sc3cc(OC)ccc3[n+]1Cc1ccccc1)N2Cc1ccccc1. The maximum absolute atomic E-state index is 5.50. The van der Waals surface area contributed by atoms with E-state index in [9.17, 15) is 0 Å². The van der Waals surface area contributed by atoms with Crippen molar-refractivity contribution >= 4 is 45.1 Å². The number of fused-ring (bicyclic) bond motifs is 2. The van der Waals surface area contributed by atoms with Crippen LogP contribution in [0.1, 0.15) is 16.1 Å². The Balaban J connectivity index is 1.35. The van der Waals surface area contributed by atoms with Crippen LogP contribution >= 0.6 is 23.1 Å². The lowest BCUT2D eigenvalue weighted by Gasteiger charge is -2.20. The molecule has 0 aliphatic carbocycles. The van der Waals surface area contributed by atoms with Crippen LogP contribution in [0.15, 0.2) is 119 Å². The minimum atomic E-state index is 0.809. The second-order valence-electron chi connectivity index (χ2n) is 9.22. The standard InChI is InChI=1S/C33H29N2O2S2/c1-36-26-16-18-28-30(20-26)38-32(34(28)22-24-10-5-3-6-11-24)14-9-15-33-35(23-25-12-7-4-8-13-25)29-19-17-27(37-2)21-31(29)39-33/h3-21H,22-23H2,1-2H3/q+1. The van der Waals surface area contributed by atoms with Crippen LogP contribution in [-0.2, 0) is 13.1 Å². The minimum Gasteiger partial charge on any atom is -0.497 e. The van der Waals surface area contributed by atoms with Gasteiger partial charge in [-0.2, -0.15) is 4.57 Å². The van der Waals surface area contributed by atoms with Gasteiger partial charge in [0.1, 0.15) is 16.2 Å². The smallest absolute Gasteiger partial charge is 0.263 e. The largest absolute Gasteiger partial charge is 0.497 e. The van der Waals surface area contributed by atoms with Gasteiger partial charge < -0.3 is 14.4 Å². The summed E-state index contributed by atoms with van der Waals surface area (Å²) < 4.78 is 14.6. The van der Waals surface area contributed by atoms with Gasteiger partial charge in [0.25, 0.3) is 5.01 Å². The lowest BCUT2D eigenvalue weighted by molar-refractivity contribution is -0.659. The summed E-state index contributed by atoms with van der Waals surface area (Å²) in [5.41, 5.74) is 4.96. The molecule has 194 valence electrons. The molecule has 1 aliphatic heterocycles. The lowest BCUT2D eigenvalue weighted by Crippen LogP contribution is -2.35. The minimum absolute atomic E-state index is 0.809. The zero-order valence-corrected chi connectivity index (χ0v) is 23.5. The number of thioether (sulfide) groups is 1. The summed E-state index contributed by atoms with van der Waals surface area (Å²) in [5.74, 6) is 1.75. The number of ether oxygens (including phenoxy) is 2. The van der Waals surface area contributed by atoms with E-state index in [2.05, 4.69) is 113 Å². The maximum Gasteiger partial charge on any atom is 0.263 e. The second-order valence-corrected chi connectivity index (χ2v) is 11.3. The van der Waals surface area contributed by atoms with Crippen molar-refractivity contribution in [2.45, 2.75) is 18.0 Å². The van der Waals surface area contributed by atoms with Crippen molar-refractivity contribution in [1.29, 1.82) is 0 Å². The van der Waals surface area contributed by atoms with Crippen molar-refractivity contribution in [2.24, 2.45) is 0 Å². The Morgan fingerprint density at radius 2 is 1.49 bits per heavy atom. The molecule has 0 amide bonds. The molecule has 5 aromatic rings. The van der Waals surface area contributed by atoms with Crippen LogP contribution in [0.5, 0.6) is 11.5 Å². The molecule has 0 radical (unpaired) electrons. The fraction of sp³-hybridized carbons (Fsp3) is 0.121. The first-order chi connectivity index (χ1) is 19.2. The third kappa shape index (κ3) is 5.44. The molecule has 0 saturated carbocycles. The first-order valence-electron chi connectivity index (χ1n) is 12.8. The van der Waals surface area contributed by atoms with E-state index < -0.39 is 0 Å². The number of anilines is 1. The van der Waals surface area contributed by atoms with Gasteiger partial charge >= 0.3 is 0 Å². The summed E-state index contributed by atoms with van der Waals surface area (Å²) in [6.45, 7) is 1.62. The Bertz CT molecular complexity index is 1660. The van der Waals surface area contributed by atoms with E-state index in [4.69, 9.17) is 9.47 Å². The molecule has 0 N–H and O–H groups in total. The van der Waals surface area contributed by atoms with Crippen molar-refractivity contribution in [2.75, 3.05) is 19.1 Å². The fourth-order valence-corrected chi connectivity index (χ4v) is 6.95. The molecular formula is C33H29N2O2S2+. The highest BCUT2D eigenvalue weighted by Crippen LogP contribution is 2.48. The normalized spacial score (nSPS) is 13.9. The zero-order valence-electron chi connectivity index (χ0n) is 21.9. The quantitative estimate of drug-likeness (QED) is 0.184. The summed E-state index contributed by atoms with van der Waals surface area (Å²) in [5, 5.41) is 2.38. The van der Waals surface area contributed by atoms with Crippen molar-refractivity contribution in [3.8, 4) is 11.5 Å². The van der Waals surface area contributed by atoms with Gasteiger partial charge in [0.2, 0.25) is 5.52 Å². The van der Waals surface area contributed by atoms with Gasteiger partial charge in [0.15, 0.2) is 6.54 Å². The number of rotatable bonds is 8. The molecule has 4 aromatic carbocycles. The highest BCUT2D eigenvalue weighted by atomic mass is 32.2. The molecule has 6 heteroatoms. The van der Waals surface area contributed by atoms with Crippen LogP contribution in [0.25, 0.3) is 16.3 Å². The van der Waals surface area contributed by atoms with E-state index >= 15 is 0 Å². The van der Waals surface area contributed by atoms with Gasteiger partial charge in [0.05, 0.1) is 24.9 Å². The van der Waals surface area contributed by atoms with E-state index in [1.165, 1.54) is 42.0 Å². The molecule has 0 atom stereocenters. The van der Waals surface area contributed by atoms with Gasteiger partial charge in [-0.05, 0) is 35.9 Å². The topological polar surface area (TPSA) is 25.6 Å². The van der Waals surface area contributed by atoms with Crippen LogP contribution in [0.2, 0.25) is 0 Å². The molecule has 4 nitrogen and oxygen atoms in total. The third-order valence-electron chi connectivity index (χ3n) is 6.72. The molecule has 0 unspecified atom stereocenters. The number of hydrogen-bond acceptors (Lipinski definition) is 5. The average Bonchev–Trinajstić information content (AvgIpc) is 3.50. The Labute approximate surface area is 237 Å². The molecule has 1 aliphatic rings. The Hall–Kier alpha value is -4.00. The van der Waals surface area contributed by atoms with E-state index in [1.807, 2.05) is 12.1 Å². The number of benzene rings is 4. The number of methoxy groups -OCH3 is 2. The van der Waals surface area contributed by atoms with Crippen LogP contribution in [0, 0.1) is 0 Å². The third-order valence-corrected chi connectivity index (χ3v) is 8.95. The van der Waals surface area contributed by atoms with E-state index in [-0.39, 0.29) is 0 Å². The Morgan fingerprint density at radius 3 is 2.23 bits per heavy atom. The van der Waals surface area contributed by atoms with Crippen LogP contribution in [0.3, 0.4) is 0 Å². The number of hydrogen-bond donors (Lipinski definition) is 0. The van der Waals surface area contributed by atoms with Crippen LogP contribution in [-0.4, -0.2) is 14.2 Å². The molecule has 0 fully saturated rings. The second kappa shape index (κ2) is 11.4. The van der Waals surface area contributed by atoms with E-state index in [0.717, 1.165) is 24.6 Å². The van der Waals surface area contributed by atoms with Crippen molar-refractivity contribution in [3.63, 3.8) is 0 Å². The van der Waals surface area contributed by atoms with Crippen LogP contribution in [0.4, 0.5) is 5.69 Å². The molecule has 0 bridgehead atoms. The zero-order chi connectivity index (χ0) is 26.6. The predicted octanol–water partition coefficient (Wildman–Crippen LogP) is 7.92. The molecule has 1 aromatic heterocycles. The monoisotopic (exact) mass is 549 g/mol. The molecule has 6 rings (SSSR count). The summed E-state index contributed by atoms with van der Waals surface area (Å²) in [6.07, 6.45) is 6.61. The van der Waals surface area contributed by atoms with Gasteiger partial charge in [0, 0.05) is 35.2 Å². The first kappa shape index (κ1) is 25.3. The predicted molar refractivity (Wildman–Crippen MR) is 163 cm³/mol. The summed E-state index contributed by atoms with van der Waals surface area (Å²) in [6, 6.07) is 33.8. The van der Waals surface area contributed by atoms with Gasteiger partial charge in [-0.3, -0.25) is 0 Å².